The van der Waals surface area contributed by atoms with Gasteiger partial charge in [0.1, 0.15) is 18.0 Å². The first-order valence-corrected chi connectivity index (χ1v) is 12.7. The van der Waals surface area contributed by atoms with Gasteiger partial charge in [0.2, 0.25) is 11.8 Å². The summed E-state index contributed by atoms with van der Waals surface area (Å²) in [7, 11) is 0. The summed E-state index contributed by atoms with van der Waals surface area (Å²) in [5, 5.41) is 15.9. The molecular weight excluding hydrogens is 470 g/mol. The first-order chi connectivity index (χ1) is 18.1. The number of carbonyl (C=O) groups is 2. The number of nitrogens with zero attached hydrogens (tertiary/aromatic N) is 1. The van der Waals surface area contributed by atoms with Gasteiger partial charge in [0.05, 0.1) is 25.6 Å². The van der Waals surface area contributed by atoms with Gasteiger partial charge < -0.3 is 25.2 Å². The minimum atomic E-state index is -0.530. The molecule has 2 amide bonds. The predicted octanol–water partition coefficient (Wildman–Crippen LogP) is 3.01. The zero-order valence-electron chi connectivity index (χ0n) is 20.5. The molecular formula is C29H31N3O5. The van der Waals surface area contributed by atoms with E-state index in [1.807, 2.05) is 60.7 Å². The lowest BCUT2D eigenvalue weighted by Gasteiger charge is -2.37. The zero-order chi connectivity index (χ0) is 25.6. The van der Waals surface area contributed by atoms with E-state index in [2.05, 4.69) is 15.6 Å². The van der Waals surface area contributed by atoms with Crippen molar-refractivity contribution in [3.05, 3.63) is 89.7 Å². The van der Waals surface area contributed by atoms with Crippen molar-refractivity contribution in [1.29, 1.82) is 0 Å². The SMILES string of the molecule is O=C(C[C@H]1C[C@H]2c3cc(NC(=O)Cc4ccncc4)ccc3O[C@H]2[C@@H](CO)O1)NCCc1ccccc1. The predicted molar refractivity (Wildman–Crippen MR) is 138 cm³/mol. The molecule has 5 rings (SSSR count). The van der Waals surface area contributed by atoms with E-state index >= 15 is 0 Å². The molecule has 8 nitrogen and oxygen atoms in total. The Kier molecular flexibility index (Phi) is 7.77. The maximum absolute atomic E-state index is 12.6. The van der Waals surface area contributed by atoms with Crippen molar-refractivity contribution in [2.24, 2.45) is 0 Å². The molecule has 2 aromatic carbocycles. The number of carbonyl (C=O) groups excluding carboxylic acids is 2. The van der Waals surface area contributed by atoms with Gasteiger partial charge in [-0.25, -0.2) is 0 Å². The van der Waals surface area contributed by atoms with Crippen molar-refractivity contribution in [3.8, 4) is 5.75 Å². The third-order valence-corrected chi connectivity index (χ3v) is 6.89. The Labute approximate surface area is 216 Å². The Hall–Kier alpha value is -3.75. The van der Waals surface area contributed by atoms with Crippen LogP contribution in [0.3, 0.4) is 0 Å². The molecule has 8 heteroatoms. The van der Waals surface area contributed by atoms with Crippen LogP contribution in [0.2, 0.25) is 0 Å². The van der Waals surface area contributed by atoms with E-state index in [0.717, 1.165) is 23.3 Å². The van der Waals surface area contributed by atoms with E-state index in [1.54, 1.807) is 12.4 Å². The summed E-state index contributed by atoms with van der Waals surface area (Å²) in [5.41, 5.74) is 3.70. The van der Waals surface area contributed by atoms with E-state index in [9.17, 15) is 14.7 Å². The Morgan fingerprint density at radius 3 is 2.59 bits per heavy atom. The fourth-order valence-electron chi connectivity index (χ4n) is 5.13. The molecule has 1 aromatic heterocycles. The fraction of sp³-hybridized carbons (Fsp3) is 0.345. The summed E-state index contributed by atoms with van der Waals surface area (Å²) >= 11 is 0. The van der Waals surface area contributed by atoms with Gasteiger partial charge in [0, 0.05) is 36.1 Å². The molecule has 0 spiro atoms. The van der Waals surface area contributed by atoms with Crippen LogP contribution in [0.1, 0.15) is 35.4 Å². The topological polar surface area (TPSA) is 110 Å². The summed E-state index contributed by atoms with van der Waals surface area (Å²) in [6, 6.07) is 19.2. The molecule has 0 unspecified atom stereocenters. The number of anilines is 1. The number of ether oxygens (including phenoxy) is 2. The average Bonchev–Trinajstić information content (AvgIpc) is 3.27. The van der Waals surface area contributed by atoms with E-state index in [0.29, 0.717) is 18.7 Å². The Bertz CT molecular complexity index is 1220. The van der Waals surface area contributed by atoms with Crippen molar-refractivity contribution in [2.45, 2.75) is 49.9 Å². The van der Waals surface area contributed by atoms with Gasteiger partial charge in [-0.15, -0.1) is 0 Å². The third-order valence-electron chi connectivity index (χ3n) is 6.89. The summed E-state index contributed by atoms with van der Waals surface area (Å²) < 4.78 is 12.2. The standard InChI is InChI=1S/C29H31N3O5/c33-18-26-29-24(16-22(36-26)17-27(34)31-13-10-19-4-2-1-3-5-19)23-15-21(6-7-25(23)37-29)32-28(35)14-20-8-11-30-12-9-20/h1-9,11-12,15,22,24,26,29,33H,10,13-14,16-18H2,(H,31,34)(H,32,35)/t22-,24+,26-,29-/m1/s1. The second-order valence-electron chi connectivity index (χ2n) is 9.53. The molecule has 2 aliphatic rings. The summed E-state index contributed by atoms with van der Waals surface area (Å²) in [4.78, 5) is 29.2. The van der Waals surface area contributed by atoms with E-state index in [-0.39, 0.29) is 49.4 Å². The molecule has 4 atom stereocenters. The summed E-state index contributed by atoms with van der Waals surface area (Å²) in [5.74, 6) is 0.483. The van der Waals surface area contributed by atoms with Gasteiger partial charge in [-0.05, 0) is 54.3 Å². The second kappa shape index (κ2) is 11.5. The fourth-order valence-corrected chi connectivity index (χ4v) is 5.13. The van der Waals surface area contributed by atoms with Gasteiger partial charge in [0.25, 0.3) is 0 Å². The lowest BCUT2D eigenvalue weighted by atomic mass is 9.84. The monoisotopic (exact) mass is 501 g/mol. The molecule has 0 saturated carbocycles. The lowest BCUT2D eigenvalue weighted by molar-refractivity contribution is -0.142. The highest BCUT2D eigenvalue weighted by molar-refractivity contribution is 5.92. The number of amides is 2. The van der Waals surface area contributed by atoms with Crippen LogP contribution >= 0.6 is 0 Å². The van der Waals surface area contributed by atoms with Gasteiger partial charge >= 0.3 is 0 Å². The number of pyridine rings is 1. The summed E-state index contributed by atoms with van der Waals surface area (Å²) in [6.07, 6.45) is 3.95. The normalized spacial score (nSPS) is 21.9. The van der Waals surface area contributed by atoms with Crippen LogP contribution in [0.15, 0.2) is 73.1 Å². The Balaban J connectivity index is 1.20. The van der Waals surface area contributed by atoms with Crippen LogP contribution in [0.4, 0.5) is 5.69 Å². The van der Waals surface area contributed by atoms with Crippen molar-refractivity contribution >= 4 is 17.5 Å². The third kappa shape index (κ3) is 6.15. The van der Waals surface area contributed by atoms with Gasteiger partial charge in [0.15, 0.2) is 0 Å². The van der Waals surface area contributed by atoms with Crippen LogP contribution < -0.4 is 15.4 Å². The quantitative estimate of drug-likeness (QED) is 0.416. The highest BCUT2D eigenvalue weighted by Crippen LogP contribution is 2.47. The zero-order valence-corrected chi connectivity index (χ0v) is 20.5. The molecule has 0 aliphatic carbocycles. The number of aliphatic hydroxyl groups is 1. The first kappa shape index (κ1) is 24.9. The average molecular weight is 502 g/mol. The van der Waals surface area contributed by atoms with Crippen LogP contribution in [0.25, 0.3) is 0 Å². The molecule has 0 bridgehead atoms. The summed E-state index contributed by atoms with van der Waals surface area (Å²) in [6.45, 7) is 0.357. The number of hydrogen-bond donors (Lipinski definition) is 3. The molecule has 3 heterocycles. The molecule has 0 radical (unpaired) electrons. The number of nitrogens with one attached hydrogen (secondary N) is 2. The number of hydrogen-bond acceptors (Lipinski definition) is 6. The van der Waals surface area contributed by atoms with Gasteiger partial charge in [-0.2, -0.15) is 0 Å². The number of aromatic nitrogens is 1. The molecule has 2 aliphatic heterocycles. The molecule has 3 aromatic rings. The number of aliphatic hydroxyl groups excluding tert-OH is 1. The number of rotatable bonds is 9. The maximum Gasteiger partial charge on any atom is 0.228 e. The van der Waals surface area contributed by atoms with E-state index < -0.39 is 6.10 Å². The number of fused-ring (bicyclic) bond motifs is 3. The van der Waals surface area contributed by atoms with Gasteiger partial charge in [-0.1, -0.05) is 30.3 Å². The minimum Gasteiger partial charge on any atom is -0.487 e. The molecule has 37 heavy (non-hydrogen) atoms. The maximum atomic E-state index is 12.6. The van der Waals surface area contributed by atoms with Crippen molar-refractivity contribution in [2.75, 3.05) is 18.5 Å². The molecule has 192 valence electrons. The Morgan fingerprint density at radius 2 is 1.81 bits per heavy atom. The number of benzene rings is 2. The van der Waals surface area contributed by atoms with Crippen molar-refractivity contribution < 1.29 is 24.2 Å². The van der Waals surface area contributed by atoms with Crippen LogP contribution in [-0.2, 0) is 27.2 Å². The molecule has 1 saturated heterocycles. The lowest BCUT2D eigenvalue weighted by Crippen LogP contribution is -2.47. The van der Waals surface area contributed by atoms with Crippen molar-refractivity contribution in [1.82, 2.24) is 10.3 Å². The van der Waals surface area contributed by atoms with Gasteiger partial charge in [-0.3, -0.25) is 14.6 Å². The van der Waals surface area contributed by atoms with E-state index in [4.69, 9.17) is 9.47 Å². The van der Waals surface area contributed by atoms with Crippen LogP contribution in [0.5, 0.6) is 5.75 Å². The van der Waals surface area contributed by atoms with E-state index in [1.165, 1.54) is 5.56 Å². The second-order valence-corrected chi connectivity index (χ2v) is 9.53. The Morgan fingerprint density at radius 1 is 1.00 bits per heavy atom. The smallest absolute Gasteiger partial charge is 0.228 e. The van der Waals surface area contributed by atoms with Crippen LogP contribution in [-0.4, -0.2) is 53.4 Å². The minimum absolute atomic E-state index is 0.0416. The van der Waals surface area contributed by atoms with Crippen LogP contribution in [0, 0.1) is 0 Å². The largest absolute Gasteiger partial charge is 0.487 e. The van der Waals surface area contributed by atoms with Crippen molar-refractivity contribution in [3.63, 3.8) is 0 Å². The highest BCUT2D eigenvalue weighted by Gasteiger charge is 2.46. The molecule has 1 fully saturated rings. The first-order valence-electron chi connectivity index (χ1n) is 12.7. The highest BCUT2D eigenvalue weighted by atomic mass is 16.6. The molecule has 3 N–H and O–H groups in total.